The second kappa shape index (κ2) is 34.7. The highest BCUT2D eigenvalue weighted by atomic mass is 31.2. The van der Waals surface area contributed by atoms with Crippen molar-refractivity contribution in [2.75, 3.05) is 52.4 Å². The van der Waals surface area contributed by atoms with Gasteiger partial charge in [-0.1, -0.05) is 78.8 Å². The van der Waals surface area contributed by atoms with E-state index in [0.29, 0.717) is 38.1 Å². The number of Topliss-reactive ketones (excluding diaryl/α,β-unsaturated/α-hetero) is 1. The summed E-state index contributed by atoms with van der Waals surface area (Å²) >= 11 is 0. The summed E-state index contributed by atoms with van der Waals surface area (Å²) < 4.78 is 64.2. The van der Waals surface area contributed by atoms with E-state index in [2.05, 4.69) is 40.0 Å². The summed E-state index contributed by atoms with van der Waals surface area (Å²) in [5.41, 5.74) is -1.14. The van der Waals surface area contributed by atoms with Gasteiger partial charge in [0.25, 0.3) is 5.91 Å². The number of piperidine rings is 1. The number of ether oxygens (including phenoxy) is 7. The van der Waals surface area contributed by atoms with Crippen LogP contribution in [0.15, 0.2) is 76.8 Å². The number of likely N-dealkylation sites (tertiary alicyclic amines) is 1. The number of aldehydes is 1. The van der Waals surface area contributed by atoms with Crippen molar-refractivity contribution in [3.05, 3.63) is 99.6 Å². The highest BCUT2D eigenvalue weighted by Gasteiger charge is 2.49. The molecule has 4 amide bonds. The second-order valence-corrected chi connectivity index (χ2v) is 30.7. The number of ketones is 1. The summed E-state index contributed by atoms with van der Waals surface area (Å²) in [6.07, 6.45) is 0.945. The number of aliphatic imine (C=N–C) groups is 1. The molecule has 0 unspecified atom stereocenters. The van der Waals surface area contributed by atoms with E-state index in [0.717, 1.165) is 11.4 Å². The fraction of sp³-hybridized carbons (Fsp3) is 0.559. The maximum atomic E-state index is 15.0. The van der Waals surface area contributed by atoms with Crippen molar-refractivity contribution in [1.82, 2.24) is 25.8 Å². The zero-order valence-corrected chi connectivity index (χ0v) is 61.0. The van der Waals surface area contributed by atoms with Gasteiger partial charge in [0, 0.05) is 126 Å². The first-order valence-corrected chi connectivity index (χ1v) is 36.4. The molecule has 556 valence electrons. The zero-order chi connectivity index (χ0) is 75.4. The number of hydrogen-bond donors (Lipinski definition) is 10. The third-order valence-electron chi connectivity index (χ3n) is 17.9. The van der Waals surface area contributed by atoms with Crippen LogP contribution in [0.1, 0.15) is 146 Å². The predicted molar refractivity (Wildman–Crippen MR) is 366 cm³/mol. The molecule has 9 atom stereocenters. The Morgan fingerprint density at radius 1 is 0.891 bits per heavy atom. The van der Waals surface area contributed by atoms with Crippen LogP contribution in [0.25, 0.3) is 0 Å². The zero-order valence-electron chi connectivity index (χ0n) is 59.2. The molecule has 0 aromatic heterocycles. The van der Waals surface area contributed by atoms with Crippen molar-refractivity contribution >= 4 is 80.4 Å². The lowest BCUT2D eigenvalue weighted by Gasteiger charge is -2.39. The van der Waals surface area contributed by atoms with Gasteiger partial charge < -0.3 is 94.0 Å². The molecule has 6 aliphatic rings. The number of fused-ring (bicyclic) bond motifs is 1. The van der Waals surface area contributed by atoms with E-state index in [1.807, 2.05) is 0 Å². The highest BCUT2D eigenvalue weighted by Crippen LogP contribution is 2.61. The maximum Gasteiger partial charge on any atom is 0.410 e. The van der Waals surface area contributed by atoms with Gasteiger partial charge in [0.15, 0.2) is 11.7 Å². The number of allylic oxidation sites excluding steroid dienone is 4. The van der Waals surface area contributed by atoms with Crippen LogP contribution in [0.5, 0.6) is 11.5 Å². The summed E-state index contributed by atoms with van der Waals surface area (Å²) in [6, 6.07) is 3.52. The number of rotatable bonds is 21. The van der Waals surface area contributed by atoms with Crippen LogP contribution in [-0.2, 0) is 72.7 Å². The summed E-state index contributed by atoms with van der Waals surface area (Å²) in [5.74, 6) is -11.3. The number of carbonyl (C=O) groups is 9. The third kappa shape index (κ3) is 21.3. The molecule has 8 rings (SSSR count). The number of phenolic OH excluding ortho intramolecular Hbond substituents is 1. The molecule has 2 aromatic carbocycles. The average Bonchev–Trinajstić information content (AvgIpc) is 1.63. The van der Waals surface area contributed by atoms with E-state index in [4.69, 9.17) is 38.2 Å². The Hall–Kier alpha value is -8.12. The Bertz CT molecular complexity index is 3680. The molecule has 0 radical (unpaired) electrons. The molecule has 1 fully saturated rings. The summed E-state index contributed by atoms with van der Waals surface area (Å²) in [4.78, 5) is 170. The monoisotopic (exact) mass is 1460 g/mol. The predicted octanol–water partition coefficient (Wildman–Crippen LogP) is 5.91. The molecular formula is C68H95N7O24P2. The van der Waals surface area contributed by atoms with Gasteiger partial charge >= 0.3 is 39.2 Å². The van der Waals surface area contributed by atoms with Crippen molar-refractivity contribution in [2.45, 2.75) is 169 Å². The number of hydrogen-bond acceptors (Lipinski definition) is 23. The Morgan fingerprint density at radius 2 is 1.52 bits per heavy atom. The molecule has 5 aliphatic heterocycles. The molecule has 1 aliphatic carbocycles. The van der Waals surface area contributed by atoms with Crippen molar-refractivity contribution < 1.29 is 115 Å². The van der Waals surface area contributed by atoms with Gasteiger partial charge in [0.05, 0.1) is 41.0 Å². The molecule has 101 heavy (non-hydrogen) atoms. The number of anilines is 1. The molecule has 33 heteroatoms. The number of nitrogens with one attached hydrogen (secondary N) is 4. The molecule has 4 bridgehead atoms. The van der Waals surface area contributed by atoms with Crippen LogP contribution in [0.3, 0.4) is 0 Å². The van der Waals surface area contributed by atoms with Crippen LogP contribution in [-0.4, -0.2) is 194 Å². The molecule has 1 saturated heterocycles. The Balaban J connectivity index is 1.34. The third-order valence-corrected chi connectivity index (χ3v) is 21.7. The van der Waals surface area contributed by atoms with Crippen molar-refractivity contribution in [1.29, 1.82) is 0 Å². The minimum Gasteiger partial charge on any atom is -0.507 e. The van der Waals surface area contributed by atoms with Crippen LogP contribution in [0.2, 0.25) is 0 Å². The fourth-order valence-electron chi connectivity index (χ4n) is 12.5. The summed E-state index contributed by atoms with van der Waals surface area (Å²) in [6.45, 7) is 19.8. The van der Waals surface area contributed by atoms with Crippen molar-refractivity contribution in [3.8, 4) is 11.5 Å². The number of nitrogens with zero attached hydrogens (tertiary/aromatic N) is 3. The van der Waals surface area contributed by atoms with E-state index in [9.17, 15) is 77.3 Å². The standard InChI is InChI=1S/C68H95N7O24P2/c1-15-50(79)94-35-95-66(86)70-47(23-24-49(78)69-45-21-19-44(20-22-45)31-52(100(87,88)89)101(90,91)92)65(85)74(13)33-51(80)98-61-37(4)17-16-18-38(5)64(84)71-57-56-55(72-68(73-56)26-28-75(29-27-68)32-36(2)3)53-46(34-76)63(42(9)59(82)54(53)60(57)83)99-67(11,12)96-30-25-48(93-14)39(6)62(97-43(10)77)41(8)58(81)40(61)7/h16-22,25,30,34,36-37,39-41,47-48,52,58,61-62,73,81-82H,15,23-24,26-29,31-33,35H2,1-14H3,(H,69,78)(H,70,86)(H,71,84)(H2,87,88,89)(H2,90,91,92)/b17-16+,30-25+,38-18-/t37-,39+,40-,41+,47-,48-,58+,61-,62+/m0/s1. The SMILES string of the molecule is CCC(=O)OCOC(=O)N[C@@H](CCC(=O)Nc1ccc(CC(P(=O)(O)O)P(=O)(O)O)cc1)C(=O)N(C)CC(=O)O[C@@H]1[C@@H](C)[C@@H](O)[C@@H](C)[C@H](OC(C)=O)[C@H](C)[C@@H](OC)/C=C/OC(C)(C)Oc2c(C)c(O)c3c(c2C=O)C2=NC4(CCN(CC(C)C)CC4)NC2=C(NC(=O)/C(C)=C\C=C\[C@@H]1C)C3=O. The minimum atomic E-state index is -5.25. The highest BCUT2D eigenvalue weighted by molar-refractivity contribution is 7.70. The van der Waals surface area contributed by atoms with E-state index in [1.165, 1.54) is 104 Å². The largest absolute Gasteiger partial charge is 0.507 e. The normalized spacial score (nSPS) is 24.1. The molecule has 1 spiro atoms. The molecular weight excluding hydrogens is 1360 g/mol. The molecule has 10 N–H and O–H groups in total. The number of benzene rings is 2. The van der Waals surface area contributed by atoms with Crippen molar-refractivity contribution in [2.24, 2.45) is 34.6 Å². The number of phenols is 1. The minimum absolute atomic E-state index is 0.00144. The smallest absolute Gasteiger partial charge is 0.410 e. The quantitative estimate of drug-likeness (QED) is 0.0228. The average molecular weight is 1460 g/mol. The first-order valence-electron chi connectivity index (χ1n) is 33.0. The second-order valence-electron chi connectivity index (χ2n) is 26.7. The number of aliphatic hydroxyl groups excluding tert-OH is 1. The Kier molecular flexibility index (Phi) is 28.1. The molecule has 2 aromatic rings. The van der Waals surface area contributed by atoms with Gasteiger partial charge in [0.1, 0.15) is 47.7 Å². The Labute approximate surface area is 586 Å². The lowest BCUT2D eigenvalue weighted by Crippen LogP contribution is -2.50. The first-order chi connectivity index (χ1) is 47.2. The maximum absolute atomic E-state index is 15.0. The van der Waals surface area contributed by atoms with Crippen LogP contribution >= 0.6 is 15.2 Å². The number of aromatic hydroxyl groups is 1. The molecule has 0 saturated carbocycles. The van der Waals surface area contributed by atoms with Gasteiger partial charge in [-0.05, 0) is 56.4 Å². The van der Waals surface area contributed by atoms with Gasteiger partial charge in [-0.15, -0.1) is 0 Å². The lowest BCUT2D eigenvalue weighted by atomic mass is 9.78. The number of likely N-dealkylation sites (N-methyl/N-ethyl adjacent to an activating group) is 1. The van der Waals surface area contributed by atoms with E-state index < -0.39 is 172 Å². The number of alkyl carbamates (subject to hydrolysis) is 1. The number of amides is 4. The van der Waals surface area contributed by atoms with Crippen LogP contribution in [0.4, 0.5) is 10.5 Å². The molecule has 31 nitrogen and oxygen atoms in total. The van der Waals surface area contributed by atoms with E-state index in [1.54, 1.807) is 33.8 Å². The van der Waals surface area contributed by atoms with E-state index >= 15 is 4.79 Å². The first kappa shape index (κ1) is 81.8. The van der Waals surface area contributed by atoms with Gasteiger partial charge in [-0.2, -0.15) is 0 Å². The molecule has 5 heterocycles. The number of methoxy groups -OCH3 is 1. The van der Waals surface area contributed by atoms with Crippen LogP contribution < -0.4 is 26.0 Å². The lowest BCUT2D eigenvalue weighted by molar-refractivity contribution is -0.167. The fourth-order valence-corrected chi connectivity index (χ4v) is 14.9. The Morgan fingerprint density at radius 3 is 2.11 bits per heavy atom. The van der Waals surface area contributed by atoms with Crippen molar-refractivity contribution in [3.63, 3.8) is 0 Å². The topological polar surface area (TPSA) is 441 Å². The van der Waals surface area contributed by atoms with E-state index in [-0.39, 0.29) is 68.4 Å². The van der Waals surface area contributed by atoms with Crippen LogP contribution in [0, 0.1) is 36.5 Å². The summed E-state index contributed by atoms with van der Waals surface area (Å²) in [5, 5.41) is 33.3. The number of aliphatic hydroxyl groups is 1. The van der Waals surface area contributed by atoms with Gasteiger partial charge in [-0.3, -0.25) is 52.5 Å². The number of carbonyl (C=O) groups excluding carboxylic acids is 9. The van der Waals surface area contributed by atoms with Gasteiger partial charge in [0.2, 0.25) is 30.2 Å². The van der Waals surface area contributed by atoms with Gasteiger partial charge in [-0.25, -0.2) is 4.79 Å². The number of esters is 3. The summed E-state index contributed by atoms with van der Waals surface area (Å²) in [7, 11) is -7.92.